The van der Waals surface area contributed by atoms with E-state index in [0.717, 1.165) is 179 Å². The fourth-order valence-corrected chi connectivity index (χ4v) is 14.2. The first-order valence-corrected chi connectivity index (χ1v) is 34.4. The van der Waals surface area contributed by atoms with Crippen LogP contribution < -0.4 is 0 Å². The molecule has 0 atom stereocenters. The van der Waals surface area contributed by atoms with E-state index in [9.17, 15) is 0 Å². The first kappa shape index (κ1) is 61.9. The van der Waals surface area contributed by atoms with Crippen LogP contribution in [0.4, 0.5) is 0 Å². The molecule has 19 rings (SSSR count). The van der Waals surface area contributed by atoms with Crippen molar-refractivity contribution in [2.45, 2.75) is 0 Å². The maximum atomic E-state index is 4.81. The molecular weight excluding hydrogens is 1270 g/mol. The van der Waals surface area contributed by atoms with Gasteiger partial charge in [0.1, 0.15) is 0 Å². The number of hydrogen-bond acceptors (Lipinski definition) is 10. The molecule has 0 aliphatic carbocycles. The zero-order valence-corrected chi connectivity index (χ0v) is 56.0. The lowest BCUT2D eigenvalue weighted by molar-refractivity contribution is 1.13. The second-order valence-corrected chi connectivity index (χ2v) is 25.2. The molecule has 12 heterocycles. The molecule has 7 aromatic carbocycles. The highest BCUT2D eigenvalue weighted by Crippen LogP contribution is 2.47. The van der Waals surface area contributed by atoms with Crippen LogP contribution in [-0.4, -0.2) is 59.0 Å². The van der Waals surface area contributed by atoms with Gasteiger partial charge in [-0.25, -0.2) is 0 Å². The van der Waals surface area contributed by atoms with Crippen molar-refractivity contribution < 1.29 is 0 Å². The summed E-state index contributed by atoms with van der Waals surface area (Å²) in [7, 11) is 0. The summed E-state index contributed by atoms with van der Waals surface area (Å²) in [5.41, 5.74) is 27.6. The van der Waals surface area contributed by atoms with E-state index in [1.165, 1.54) is 0 Å². The highest BCUT2D eigenvalue weighted by atomic mass is 15.0. The number of nitrogens with zero attached hydrogens (tertiary/aromatic N) is 12. The molecular formula is C92H60N12. The van der Waals surface area contributed by atoms with Crippen molar-refractivity contribution in [3.8, 4) is 135 Å². The second kappa shape index (κ2) is 27.4. The molecule has 0 unspecified atom stereocenters. The van der Waals surface area contributed by atoms with Crippen LogP contribution in [0, 0.1) is 0 Å². The molecule has 0 fully saturated rings. The van der Waals surface area contributed by atoms with Gasteiger partial charge in [0.2, 0.25) is 0 Å². The van der Waals surface area contributed by atoms with Gasteiger partial charge in [-0.3, -0.25) is 49.8 Å². The molecule has 488 valence electrons. The Kier molecular flexibility index (Phi) is 16.3. The third kappa shape index (κ3) is 11.8. The molecule has 12 heteroatoms. The molecule has 104 heavy (non-hydrogen) atoms. The Morgan fingerprint density at radius 3 is 0.606 bits per heavy atom. The molecule has 19 aromatic rings. The zero-order chi connectivity index (χ0) is 69.1. The Balaban J connectivity index is 0.000000150. The maximum absolute atomic E-state index is 4.81. The highest BCUT2D eigenvalue weighted by molar-refractivity contribution is 6.13. The van der Waals surface area contributed by atoms with E-state index in [2.05, 4.69) is 175 Å². The van der Waals surface area contributed by atoms with E-state index < -0.39 is 0 Å². The highest BCUT2D eigenvalue weighted by Gasteiger charge is 2.25. The molecule has 0 aliphatic heterocycles. The van der Waals surface area contributed by atoms with Crippen molar-refractivity contribution in [3.05, 3.63) is 365 Å². The first-order valence-electron chi connectivity index (χ1n) is 34.4. The summed E-state index contributed by atoms with van der Waals surface area (Å²) in [6.45, 7) is 0. The van der Waals surface area contributed by atoms with Gasteiger partial charge in [-0.2, -0.15) is 0 Å². The van der Waals surface area contributed by atoms with Crippen molar-refractivity contribution >= 4 is 43.6 Å². The SMILES string of the molecule is c1ccc(-c2cc(-c3cc(-c4ccccn4)c(-c4ccccn4)c(-c4ccccn4)c3)cc(-c3ccccn3)c2-c2ccccn2)nc1.c1ccc(-c2ccc3c(c2)c2cc(-c4ccccn4)ccc2n3-c2cccc(-n3c4ccc(-c5ccccn5)cc4c4cc(-c5ccccn5)ccc43)c2)nc1. The van der Waals surface area contributed by atoms with Crippen molar-refractivity contribution in [2.75, 3.05) is 0 Å². The number of rotatable bonds is 13. The fraction of sp³-hybridized carbons (Fsp3) is 0. The van der Waals surface area contributed by atoms with Gasteiger partial charge in [-0.1, -0.05) is 91.0 Å². The van der Waals surface area contributed by atoms with Crippen molar-refractivity contribution in [3.63, 3.8) is 0 Å². The number of pyridine rings is 10. The number of benzene rings is 7. The molecule has 0 radical (unpaired) electrons. The molecule has 0 saturated carbocycles. The van der Waals surface area contributed by atoms with Gasteiger partial charge in [0.15, 0.2) is 0 Å². The molecule has 0 amide bonds. The van der Waals surface area contributed by atoms with Gasteiger partial charge in [0, 0.05) is 151 Å². The van der Waals surface area contributed by atoms with Crippen molar-refractivity contribution in [1.29, 1.82) is 0 Å². The molecule has 0 bridgehead atoms. The average Bonchev–Trinajstić information content (AvgIpc) is 1.56. The van der Waals surface area contributed by atoms with E-state index in [1.807, 2.05) is 220 Å². The van der Waals surface area contributed by atoms with Gasteiger partial charge in [0.25, 0.3) is 0 Å². The van der Waals surface area contributed by atoms with E-state index >= 15 is 0 Å². The Labute approximate surface area is 599 Å². The Bertz CT molecular complexity index is 5590. The summed E-state index contributed by atoms with van der Waals surface area (Å²) < 4.78 is 4.76. The van der Waals surface area contributed by atoms with Crippen LogP contribution in [0.2, 0.25) is 0 Å². The summed E-state index contributed by atoms with van der Waals surface area (Å²) in [5, 5.41) is 4.64. The third-order valence-corrected chi connectivity index (χ3v) is 18.9. The van der Waals surface area contributed by atoms with Crippen LogP contribution >= 0.6 is 0 Å². The molecule has 0 N–H and O–H groups in total. The second-order valence-electron chi connectivity index (χ2n) is 25.2. The first-order chi connectivity index (χ1) is 51.6. The monoisotopic (exact) mass is 1330 g/mol. The molecule has 0 aliphatic rings. The minimum Gasteiger partial charge on any atom is -0.309 e. The standard InChI is InChI=1S/C50H32N6.C42H28N6/c1-5-24-51-43(12-1)33-16-20-47-39(28-33)40-29-34(44-13-2-6-25-52-44)17-21-48(40)55(47)37-10-9-11-38(32-37)56-49-22-18-35(45-14-3-7-26-53-45)30-41(49)42-31-36(19-23-50(42)56)46-15-4-8-27-54-46;1-7-19-43-35(13-1)31-25-29(26-32(36-14-2-8-20-44-36)41(31)39-17-5-11-23-47-39)30-27-33(37-15-3-9-21-45-37)42(40-18-6-12-24-48-40)34(28-30)38-16-4-10-22-46-38/h1-32H;1-28H. The predicted octanol–water partition coefficient (Wildman–Crippen LogP) is 21.9. The van der Waals surface area contributed by atoms with Gasteiger partial charge < -0.3 is 9.13 Å². The normalized spacial score (nSPS) is 11.3. The smallest absolute Gasteiger partial charge is 0.0715 e. The summed E-state index contributed by atoms with van der Waals surface area (Å²) in [5.74, 6) is 0. The number of aromatic nitrogens is 12. The predicted molar refractivity (Wildman–Crippen MR) is 419 cm³/mol. The Morgan fingerprint density at radius 1 is 0.163 bits per heavy atom. The molecule has 0 spiro atoms. The van der Waals surface area contributed by atoms with Gasteiger partial charge in [-0.15, -0.1) is 0 Å². The summed E-state index contributed by atoms with van der Waals surface area (Å²) in [6.07, 6.45) is 18.3. The zero-order valence-electron chi connectivity index (χ0n) is 56.0. The fourth-order valence-electron chi connectivity index (χ4n) is 14.2. The lowest BCUT2D eigenvalue weighted by Gasteiger charge is -2.20. The average molecular weight is 1330 g/mol. The minimum atomic E-state index is 0.845. The minimum absolute atomic E-state index is 0.845. The maximum Gasteiger partial charge on any atom is 0.0715 e. The Morgan fingerprint density at radius 2 is 0.385 bits per heavy atom. The van der Waals surface area contributed by atoms with Crippen LogP contribution in [0.1, 0.15) is 0 Å². The van der Waals surface area contributed by atoms with Crippen LogP contribution in [0.3, 0.4) is 0 Å². The van der Waals surface area contributed by atoms with Crippen LogP contribution in [0.25, 0.3) is 179 Å². The summed E-state index contributed by atoms with van der Waals surface area (Å²) in [6, 6.07) is 104. The van der Waals surface area contributed by atoms with E-state index in [4.69, 9.17) is 29.9 Å². The van der Waals surface area contributed by atoms with Crippen molar-refractivity contribution in [2.24, 2.45) is 0 Å². The van der Waals surface area contributed by atoms with Crippen LogP contribution in [0.15, 0.2) is 365 Å². The Hall–Kier alpha value is -14.4. The molecule has 12 aromatic heterocycles. The van der Waals surface area contributed by atoms with Gasteiger partial charge in [0.05, 0.1) is 79.0 Å². The largest absolute Gasteiger partial charge is 0.309 e. The van der Waals surface area contributed by atoms with E-state index in [-0.39, 0.29) is 0 Å². The number of hydrogen-bond donors (Lipinski definition) is 0. The summed E-state index contributed by atoms with van der Waals surface area (Å²) in [4.78, 5) is 47.5. The lowest BCUT2D eigenvalue weighted by Crippen LogP contribution is -1.98. The third-order valence-electron chi connectivity index (χ3n) is 18.9. The van der Waals surface area contributed by atoms with Gasteiger partial charge >= 0.3 is 0 Å². The van der Waals surface area contributed by atoms with Crippen molar-refractivity contribution in [1.82, 2.24) is 59.0 Å². The molecule has 12 nitrogen and oxygen atoms in total. The number of fused-ring (bicyclic) bond motifs is 6. The quantitative estimate of drug-likeness (QED) is 0.110. The van der Waals surface area contributed by atoms with Crippen LogP contribution in [0.5, 0.6) is 0 Å². The summed E-state index contributed by atoms with van der Waals surface area (Å²) >= 11 is 0. The van der Waals surface area contributed by atoms with E-state index in [0.29, 0.717) is 0 Å². The van der Waals surface area contributed by atoms with E-state index in [1.54, 1.807) is 0 Å². The lowest BCUT2D eigenvalue weighted by atomic mass is 9.85. The molecule has 0 saturated heterocycles. The topological polar surface area (TPSA) is 139 Å². The van der Waals surface area contributed by atoms with Crippen LogP contribution in [-0.2, 0) is 0 Å². The van der Waals surface area contributed by atoms with Gasteiger partial charge in [-0.05, 0) is 223 Å².